The number of amides is 1. The van der Waals surface area contributed by atoms with E-state index in [-0.39, 0.29) is 5.91 Å². The van der Waals surface area contributed by atoms with E-state index in [1.54, 1.807) is 11.3 Å². The average molecular weight is 354 g/mol. The lowest BCUT2D eigenvalue weighted by Gasteiger charge is -2.07. The molecule has 0 bridgehead atoms. The highest BCUT2D eigenvalue weighted by atomic mass is 32.1. The van der Waals surface area contributed by atoms with E-state index >= 15 is 0 Å². The number of rotatable bonds is 6. The van der Waals surface area contributed by atoms with Gasteiger partial charge < -0.3 is 5.32 Å². The van der Waals surface area contributed by atoms with Crippen molar-refractivity contribution in [2.75, 3.05) is 6.54 Å². The van der Waals surface area contributed by atoms with Crippen LogP contribution < -0.4 is 5.32 Å². The zero-order valence-corrected chi connectivity index (χ0v) is 15.6. The van der Waals surface area contributed by atoms with Crippen LogP contribution in [0.2, 0.25) is 0 Å². The van der Waals surface area contributed by atoms with Gasteiger partial charge >= 0.3 is 0 Å². The van der Waals surface area contributed by atoms with Crippen LogP contribution in [0.5, 0.6) is 0 Å². The average Bonchev–Trinajstić information content (AvgIpc) is 3.16. The molecular formula is C19H22N4OS. The first-order valence-corrected chi connectivity index (χ1v) is 9.23. The van der Waals surface area contributed by atoms with Crippen LogP contribution in [0.3, 0.4) is 0 Å². The van der Waals surface area contributed by atoms with Gasteiger partial charge in [0.15, 0.2) is 0 Å². The number of aromatic nitrogens is 3. The number of carbonyl (C=O) groups excluding carboxylic acids is 1. The van der Waals surface area contributed by atoms with Crippen LogP contribution in [-0.4, -0.2) is 27.2 Å². The van der Waals surface area contributed by atoms with E-state index in [9.17, 15) is 4.79 Å². The number of carbonyl (C=O) groups is 1. The van der Waals surface area contributed by atoms with Gasteiger partial charge in [0.25, 0.3) is 5.91 Å². The molecule has 2 heterocycles. The lowest BCUT2D eigenvalue weighted by atomic mass is 10.2. The fourth-order valence-corrected chi connectivity index (χ4v) is 3.59. The molecule has 0 atom stereocenters. The maximum absolute atomic E-state index is 12.2. The largest absolute Gasteiger partial charge is 0.352 e. The molecule has 6 heteroatoms. The summed E-state index contributed by atoms with van der Waals surface area (Å²) < 4.78 is 1.88. The Morgan fingerprint density at radius 3 is 2.56 bits per heavy atom. The third-order valence-electron chi connectivity index (χ3n) is 4.09. The molecule has 1 N–H and O–H groups in total. The van der Waals surface area contributed by atoms with Gasteiger partial charge in [-0.25, -0.2) is 9.67 Å². The maximum Gasteiger partial charge on any atom is 0.251 e. The summed E-state index contributed by atoms with van der Waals surface area (Å²) in [6, 6.07) is 9.57. The van der Waals surface area contributed by atoms with E-state index in [0.717, 1.165) is 35.6 Å². The van der Waals surface area contributed by atoms with Gasteiger partial charge in [-0.05, 0) is 63.9 Å². The Labute approximate surface area is 151 Å². The third kappa shape index (κ3) is 4.14. The third-order valence-corrected chi connectivity index (χ3v) is 5.09. The molecule has 0 fully saturated rings. The van der Waals surface area contributed by atoms with E-state index in [1.165, 1.54) is 4.88 Å². The molecule has 2 aromatic heterocycles. The van der Waals surface area contributed by atoms with E-state index in [4.69, 9.17) is 0 Å². The van der Waals surface area contributed by atoms with Crippen molar-refractivity contribution in [2.24, 2.45) is 0 Å². The van der Waals surface area contributed by atoms with Gasteiger partial charge in [0.2, 0.25) is 0 Å². The van der Waals surface area contributed by atoms with Crippen molar-refractivity contribution in [1.82, 2.24) is 20.1 Å². The standard InChI is InChI=1S/C19H22N4OS/c1-13-11-14(2)23(22-13)17-8-6-16(7-9-17)19(24)20-10-4-5-18-15(3)21-12-25-18/h6-9,11-12H,4-5,10H2,1-3H3,(H,20,24). The molecule has 0 aliphatic heterocycles. The number of benzene rings is 1. The van der Waals surface area contributed by atoms with Crippen LogP contribution in [0.1, 0.15) is 38.7 Å². The van der Waals surface area contributed by atoms with E-state index in [1.807, 2.05) is 61.3 Å². The normalized spacial score (nSPS) is 10.8. The summed E-state index contributed by atoms with van der Waals surface area (Å²) in [6.07, 6.45) is 1.87. The minimum absolute atomic E-state index is 0.0408. The summed E-state index contributed by atoms with van der Waals surface area (Å²) in [5.41, 5.74) is 6.65. The number of nitrogens with one attached hydrogen (secondary N) is 1. The first-order chi connectivity index (χ1) is 12.0. The molecule has 0 radical (unpaired) electrons. The predicted molar refractivity (Wildman–Crippen MR) is 101 cm³/mol. The second-order valence-electron chi connectivity index (χ2n) is 6.11. The van der Waals surface area contributed by atoms with Gasteiger partial charge in [0.05, 0.1) is 22.6 Å². The molecule has 3 rings (SSSR count). The Kier molecular flexibility index (Phi) is 5.28. The highest BCUT2D eigenvalue weighted by molar-refractivity contribution is 7.09. The number of aryl methyl sites for hydroxylation is 4. The molecule has 0 saturated heterocycles. The second-order valence-corrected chi connectivity index (χ2v) is 7.05. The Morgan fingerprint density at radius 2 is 1.96 bits per heavy atom. The number of hydrogen-bond acceptors (Lipinski definition) is 4. The second kappa shape index (κ2) is 7.61. The molecule has 0 saturated carbocycles. The molecule has 1 aromatic carbocycles. The SMILES string of the molecule is Cc1cc(C)n(-c2ccc(C(=O)NCCCc3scnc3C)cc2)n1. The van der Waals surface area contributed by atoms with Crippen molar-refractivity contribution in [3.05, 3.63) is 63.4 Å². The molecule has 130 valence electrons. The van der Waals surface area contributed by atoms with Crippen molar-refractivity contribution in [3.63, 3.8) is 0 Å². The lowest BCUT2D eigenvalue weighted by molar-refractivity contribution is 0.0953. The van der Waals surface area contributed by atoms with Gasteiger partial charge in [-0.3, -0.25) is 4.79 Å². The Bertz CT molecular complexity index is 864. The smallest absolute Gasteiger partial charge is 0.251 e. The van der Waals surface area contributed by atoms with Crippen molar-refractivity contribution in [1.29, 1.82) is 0 Å². The first kappa shape index (κ1) is 17.4. The van der Waals surface area contributed by atoms with Gasteiger partial charge in [0.1, 0.15) is 0 Å². The van der Waals surface area contributed by atoms with Crippen LogP contribution in [0.15, 0.2) is 35.8 Å². The fourth-order valence-electron chi connectivity index (χ4n) is 2.76. The van der Waals surface area contributed by atoms with E-state index in [2.05, 4.69) is 15.4 Å². The summed E-state index contributed by atoms with van der Waals surface area (Å²) >= 11 is 1.68. The van der Waals surface area contributed by atoms with Gasteiger partial charge in [0, 0.05) is 22.7 Å². The Balaban J connectivity index is 1.54. The summed E-state index contributed by atoms with van der Waals surface area (Å²) in [5.74, 6) is -0.0408. The van der Waals surface area contributed by atoms with Crippen LogP contribution in [0.4, 0.5) is 0 Å². The molecule has 3 aromatic rings. The minimum atomic E-state index is -0.0408. The molecule has 0 spiro atoms. The Hall–Kier alpha value is -2.47. The molecule has 0 unspecified atom stereocenters. The van der Waals surface area contributed by atoms with E-state index in [0.29, 0.717) is 12.1 Å². The minimum Gasteiger partial charge on any atom is -0.352 e. The van der Waals surface area contributed by atoms with Gasteiger partial charge in [-0.1, -0.05) is 0 Å². The van der Waals surface area contributed by atoms with E-state index < -0.39 is 0 Å². The number of nitrogens with zero attached hydrogens (tertiary/aromatic N) is 3. The predicted octanol–water partition coefficient (Wildman–Crippen LogP) is 3.62. The van der Waals surface area contributed by atoms with Crippen molar-refractivity contribution in [2.45, 2.75) is 33.6 Å². The monoisotopic (exact) mass is 354 g/mol. The quantitative estimate of drug-likeness (QED) is 0.688. The zero-order valence-electron chi connectivity index (χ0n) is 14.7. The lowest BCUT2D eigenvalue weighted by Crippen LogP contribution is -2.24. The topological polar surface area (TPSA) is 59.8 Å². The van der Waals surface area contributed by atoms with Crippen molar-refractivity contribution < 1.29 is 4.79 Å². The zero-order chi connectivity index (χ0) is 17.8. The molecule has 0 aliphatic carbocycles. The number of hydrogen-bond donors (Lipinski definition) is 1. The fraction of sp³-hybridized carbons (Fsp3) is 0.316. The van der Waals surface area contributed by atoms with Crippen LogP contribution in [0, 0.1) is 20.8 Å². The molecule has 5 nitrogen and oxygen atoms in total. The molecule has 0 aliphatic rings. The van der Waals surface area contributed by atoms with Crippen LogP contribution >= 0.6 is 11.3 Å². The first-order valence-electron chi connectivity index (χ1n) is 8.35. The maximum atomic E-state index is 12.2. The molecular weight excluding hydrogens is 332 g/mol. The van der Waals surface area contributed by atoms with Crippen molar-refractivity contribution >= 4 is 17.2 Å². The van der Waals surface area contributed by atoms with Gasteiger partial charge in [-0.2, -0.15) is 5.10 Å². The summed E-state index contributed by atoms with van der Waals surface area (Å²) in [6.45, 7) is 6.68. The molecule has 25 heavy (non-hydrogen) atoms. The summed E-state index contributed by atoms with van der Waals surface area (Å²) in [4.78, 5) is 17.8. The number of thiazole rings is 1. The van der Waals surface area contributed by atoms with Crippen LogP contribution in [0.25, 0.3) is 5.69 Å². The Morgan fingerprint density at radius 1 is 1.20 bits per heavy atom. The van der Waals surface area contributed by atoms with Crippen LogP contribution in [-0.2, 0) is 6.42 Å². The van der Waals surface area contributed by atoms with Crippen molar-refractivity contribution in [3.8, 4) is 5.69 Å². The highest BCUT2D eigenvalue weighted by Gasteiger charge is 2.08. The highest BCUT2D eigenvalue weighted by Crippen LogP contribution is 2.15. The van der Waals surface area contributed by atoms with Gasteiger partial charge in [-0.15, -0.1) is 11.3 Å². The summed E-state index contributed by atoms with van der Waals surface area (Å²) in [7, 11) is 0. The summed E-state index contributed by atoms with van der Waals surface area (Å²) in [5, 5.41) is 7.44. The molecule has 1 amide bonds.